The number of carbonyl (C=O) groups excluding carboxylic acids is 1. The maximum atomic E-state index is 12.2. The molecular formula is C16H18Cl2N2O2. The van der Waals surface area contributed by atoms with Crippen LogP contribution in [0.15, 0.2) is 24.3 Å². The summed E-state index contributed by atoms with van der Waals surface area (Å²) in [6.45, 7) is 7.85. The molecule has 1 atom stereocenters. The number of esters is 1. The van der Waals surface area contributed by atoms with Crippen molar-refractivity contribution in [2.24, 2.45) is 0 Å². The van der Waals surface area contributed by atoms with Crippen LogP contribution < -0.4 is 0 Å². The molecule has 0 aliphatic rings. The van der Waals surface area contributed by atoms with Crippen molar-refractivity contribution in [2.75, 3.05) is 0 Å². The maximum absolute atomic E-state index is 12.2. The van der Waals surface area contributed by atoms with E-state index >= 15 is 0 Å². The molecule has 0 fully saturated rings. The number of ether oxygens (including phenoxy) is 1. The van der Waals surface area contributed by atoms with Crippen molar-refractivity contribution in [3.63, 3.8) is 0 Å². The maximum Gasteiger partial charge on any atom is 0.359 e. The normalized spacial score (nSPS) is 13.0. The first-order valence-electron chi connectivity index (χ1n) is 6.90. The zero-order valence-electron chi connectivity index (χ0n) is 12.9. The van der Waals surface area contributed by atoms with Crippen LogP contribution >= 0.6 is 23.2 Å². The first-order chi connectivity index (χ1) is 10.2. The lowest BCUT2D eigenvalue weighted by Crippen LogP contribution is -2.11. The molecule has 0 bridgehead atoms. The molecule has 1 unspecified atom stereocenters. The lowest BCUT2D eigenvalue weighted by molar-refractivity contribution is 0.0331. The molecule has 22 heavy (non-hydrogen) atoms. The van der Waals surface area contributed by atoms with Crippen molar-refractivity contribution in [1.29, 1.82) is 0 Å². The highest BCUT2D eigenvalue weighted by Gasteiger charge is 2.22. The van der Waals surface area contributed by atoms with E-state index in [4.69, 9.17) is 27.9 Å². The lowest BCUT2D eigenvalue weighted by Gasteiger charge is -2.15. The SMILES string of the molecule is CC(OC(=O)c1cc(C(C)(C)C)[nH]n1)c1ccc(Cl)cc1Cl. The van der Waals surface area contributed by atoms with Gasteiger partial charge in [0, 0.05) is 26.7 Å². The summed E-state index contributed by atoms with van der Waals surface area (Å²) in [5, 5.41) is 7.88. The summed E-state index contributed by atoms with van der Waals surface area (Å²) in [6.07, 6.45) is -0.493. The van der Waals surface area contributed by atoms with E-state index in [1.54, 1.807) is 31.2 Å². The molecule has 0 aliphatic carbocycles. The van der Waals surface area contributed by atoms with Crippen LogP contribution in [-0.4, -0.2) is 16.2 Å². The zero-order valence-corrected chi connectivity index (χ0v) is 14.4. The average Bonchev–Trinajstić information content (AvgIpc) is 2.87. The second-order valence-electron chi connectivity index (χ2n) is 6.13. The number of hydrogen-bond acceptors (Lipinski definition) is 3. The van der Waals surface area contributed by atoms with E-state index in [0.717, 1.165) is 5.69 Å². The molecule has 0 radical (unpaired) electrons. The minimum Gasteiger partial charge on any atom is -0.453 e. The molecule has 118 valence electrons. The predicted molar refractivity (Wildman–Crippen MR) is 87.6 cm³/mol. The lowest BCUT2D eigenvalue weighted by atomic mass is 9.92. The molecule has 0 aliphatic heterocycles. The molecular weight excluding hydrogens is 323 g/mol. The minimum atomic E-state index is -0.495. The van der Waals surface area contributed by atoms with Gasteiger partial charge in [0.05, 0.1) is 0 Å². The molecule has 0 saturated carbocycles. The number of aromatic nitrogens is 2. The van der Waals surface area contributed by atoms with Gasteiger partial charge >= 0.3 is 5.97 Å². The first kappa shape index (κ1) is 16.8. The molecule has 0 saturated heterocycles. The van der Waals surface area contributed by atoms with Gasteiger partial charge in [-0.1, -0.05) is 50.0 Å². The highest BCUT2D eigenvalue weighted by Crippen LogP contribution is 2.29. The molecule has 2 rings (SSSR count). The molecule has 0 amide bonds. The highest BCUT2D eigenvalue weighted by molar-refractivity contribution is 6.35. The number of nitrogens with zero attached hydrogens (tertiary/aromatic N) is 1. The quantitative estimate of drug-likeness (QED) is 0.805. The van der Waals surface area contributed by atoms with E-state index in [1.165, 1.54) is 0 Å². The first-order valence-corrected chi connectivity index (χ1v) is 7.66. The Hall–Kier alpha value is -1.52. The van der Waals surface area contributed by atoms with Gasteiger partial charge in [-0.2, -0.15) is 5.10 Å². The van der Waals surface area contributed by atoms with Crippen LogP contribution in [0.5, 0.6) is 0 Å². The molecule has 1 aromatic carbocycles. The molecule has 1 aromatic heterocycles. The fourth-order valence-corrected chi connectivity index (χ4v) is 2.49. The summed E-state index contributed by atoms with van der Waals surface area (Å²) >= 11 is 12.0. The Kier molecular flexibility index (Phi) is 4.83. The van der Waals surface area contributed by atoms with E-state index in [9.17, 15) is 4.79 Å². The topological polar surface area (TPSA) is 55.0 Å². The molecule has 1 heterocycles. The zero-order chi connectivity index (χ0) is 16.5. The van der Waals surface area contributed by atoms with Crippen molar-refractivity contribution in [1.82, 2.24) is 10.2 Å². The van der Waals surface area contributed by atoms with Gasteiger partial charge in [0.1, 0.15) is 6.10 Å². The number of halogens is 2. The third kappa shape index (κ3) is 3.81. The van der Waals surface area contributed by atoms with Crippen molar-refractivity contribution >= 4 is 29.2 Å². The molecule has 4 nitrogen and oxygen atoms in total. The van der Waals surface area contributed by atoms with Gasteiger partial charge in [-0.05, 0) is 25.1 Å². The van der Waals surface area contributed by atoms with Gasteiger partial charge in [0.2, 0.25) is 0 Å². The number of H-pyrrole nitrogens is 1. The summed E-state index contributed by atoms with van der Waals surface area (Å²) in [5.41, 5.74) is 1.71. The van der Waals surface area contributed by atoms with E-state index in [1.807, 2.05) is 20.8 Å². The van der Waals surface area contributed by atoms with Crippen molar-refractivity contribution in [3.8, 4) is 0 Å². The van der Waals surface area contributed by atoms with Crippen molar-refractivity contribution in [3.05, 3.63) is 51.3 Å². The van der Waals surface area contributed by atoms with Gasteiger partial charge in [-0.3, -0.25) is 5.10 Å². The number of aromatic amines is 1. The van der Waals surface area contributed by atoms with Gasteiger partial charge in [0.25, 0.3) is 0 Å². The third-order valence-electron chi connectivity index (χ3n) is 3.28. The summed E-state index contributed by atoms with van der Waals surface area (Å²) in [5.74, 6) is -0.495. The third-order valence-corrected chi connectivity index (χ3v) is 3.84. The van der Waals surface area contributed by atoms with Crippen molar-refractivity contribution in [2.45, 2.75) is 39.2 Å². The van der Waals surface area contributed by atoms with Gasteiger partial charge in [-0.15, -0.1) is 0 Å². The second-order valence-corrected chi connectivity index (χ2v) is 6.97. The number of nitrogens with one attached hydrogen (secondary N) is 1. The fraction of sp³-hybridized carbons (Fsp3) is 0.375. The molecule has 0 spiro atoms. The van der Waals surface area contributed by atoms with Crippen LogP contribution in [-0.2, 0) is 10.2 Å². The van der Waals surface area contributed by atoms with Crippen LogP contribution in [0.1, 0.15) is 55.5 Å². The predicted octanol–water partition coefficient (Wildman–Crippen LogP) is 4.93. The molecule has 6 heteroatoms. The Morgan fingerprint density at radius 2 is 1.95 bits per heavy atom. The Bertz CT molecular complexity index is 690. The Morgan fingerprint density at radius 3 is 2.50 bits per heavy atom. The Labute approximate surface area is 139 Å². The standard InChI is InChI=1S/C16H18Cl2N2O2/c1-9(11-6-5-10(17)7-12(11)18)22-15(21)13-8-14(20-19-13)16(2,3)4/h5-9H,1-4H3,(H,19,20). The molecule has 2 aromatic rings. The number of benzene rings is 1. The van der Waals surface area contributed by atoms with Gasteiger partial charge in [-0.25, -0.2) is 4.79 Å². The van der Waals surface area contributed by atoms with E-state index in [-0.39, 0.29) is 11.1 Å². The number of rotatable bonds is 3. The van der Waals surface area contributed by atoms with Gasteiger partial charge < -0.3 is 4.74 Å². The molecule has 1 N–H and O–H groups in total. The Morgan fingerprint density at radius 1 is 1.27 bits per heavy atom. The smallest absolute Gasteiger partial charge is 0.359 e. The second kappa shape index (κ2) is 6.31. The fourth-order valence-electron chi connectivity index (χ4n) is 1.93. The van der Waals surface area contributed by atoms with Crippen LogP contribution in [0.2, 0.25) is 10.0 Å². The van der Waals surface area contributed by atoms with Crippen LogP contribution in [0.25, 0.3) is 0 Å². The van der Waals surface area contributed by atoms with E-state index in [0.29, 0.717) is 15.6 Å². The number of carbonyl (C=O) groups is 1. The summed E-state index contributed by atoms with van der Waals surface area (Å²) in [6, 6.07) is 6.78. The minimum absolute atomic E-state index is 0.114. The number of hydrogen-bond donors (Lipinski definition) is 1. The highest BCUT2D eigenvalue weighted by atomic mass is 35.5. The largest absolute Gasteiger partial charge is 0.453 e. The summed E-state index contributed by atoms with van der Waals surface area (Å²) in [7, 11) is 0. The Balaban J connectivity index is 2.13. The van der Waals surface area contributed by atoms with Crippen LogP contribution in [0.3, 0.4) is 0 Å². The monoisotopic (exact) mass is 340 g/mol. The van der Waals surface area contributed by atoms with Crippen LogP contribution in [0.4, 0.5) is 0 Å². The van der Waals surface area contributed by atoms with E-state index < -0.39 is 12.1 Å². The summed E-state index contributed by atoms with van der Waals surface area (Å²) in [4.78, 5) is 12.2. The van der Waals surface area contributed by atoms with Crippen LogP contribution in [0, 0.1) is 0 Å². The summed E-state index contributed by atoms with van der Waals surface area (Å²) < 4.78 is 5.42. The average molecular weight is 341 g/mol. The van der Waals surface area contributed by atoms with E-state index in [2.05, 4.69) is 10.2 Å². The van der Waals surface area contributed by atoms with Crippen molar-refractivity contribution < 1.29 is 9.53 Å². The van der Waals surface area contributed by atoms with Gasteiger partial charge in [0.15, 0.2) is 5.69 Å².